The van der Waals surface area contributed by atoms with Gasteiger partial charge in [-0.1, -0.05) is 0 Å². The standard InChI is InChI=1S/C14H18N4O/c1-2-15-11-5-6-16-12(9-11)10-17-7-8-18(14(17)19)13-3-4-13/h5-9,13H,2-4,10H2,1H3,(H,15,16). The molecule has 19 heavy (non-hydrogen) atoms. The van der Waals surface area contributed by atoms with Crippen molar-refractivity contribution < 1.29 is 0 Å². The normalized spacial score (nSPS) is 14.6. The first-order valence-electron chi connectivity index (χ1n) is 6.74. The summed E-state index contributed by atoms with van der Waals surface area (Å²) in [6.07, 6.45) is 7.75. The summed E-state index contributed by atoms with van der Waals surface area (Å²) >= 11 is 0. The summed E-state index contributed by atoms with van der Waals surface area (Å²) in [5, 5.41) is 3.25. The Kier molecular flexibility index (Phi) is 3.11. The van der Waals surface area contributed by atoms with E-state index in [0.29, 0.717) is 12.6 Å². The van der Waals surface area contributed by atoms with Gasteiger partial charge in [0.05, 0.1) is 12.2 Å². The summed E-state index contributed by atoms with van der Waals surface area (Å²) in [6.45, 7) is 3.46. The van der Waals surface area contributed by atoms with Gasteiger partial charge in [0.1, 0.15) is 0 Å². The molecule has 0 bridgehead atoms. The summed E-state index contributed by atoms with van der Waals surface area (Å²) in [6, 6.07) is 4.35. The van der Waals surface area contributed by atoms with E-state index in [4.69, 9.17) is 0 Å². The minimum absolute atomic E-state index is 0.0677. The zero-order valence-electron chi connectivity index (χ0n) is 11.0. The third-order valence-electron chi connectivity index (χ3n) is 3.34. The van der Waals surface area contributed by atoms with Crippen molar-refractivity contribution in [2.75, 3.05) is 11.9 Å². The monoisotopic (exact) mass is 258 g/mol. The molecule has 1 aliphatic rings. The van der Waals surface area contributed by atoms with E-state index in [1.54, 1.807) is 10.8 Å². The number of hydrogen-bond acceptors (Lipinski definition) is 3. The van der Waals surface area contributed by atoms with Gasteiger partial charge in [-0.25, -0.2) is 4.79 Å². The van der Waals surface area contributed by atoms with E-state index in [1.165, 1.54) is 0 Å². The molecule has 5 nitrogen and oxygen atoms in total. The molecule has 5 heteroatoms. The van der Waals surface area contributed by atoms with Crippen molar-refractivity contribution in [1.82, 2.24) is 14.1 Å². The topological polar surface area (TPSA) is 51.9 Å². The van der Waals surface area contributed by atoms with Crippen molar-refractivity contribution in [2.45, 2.75) is 32.4 Å². The van der Waals surface area contributed by atoms with Gasteiger partial charge in [-0.3, -0.25) is 14.1 Å². The Hall–Kier alpha value is -2.04. The third kappa shape index (κ3) is 2.54. The predicted octanol–water partition coefficient (Wildman–Crippen LogP) is 1.86. The number of anilines is 1. The lowest BCUT2D eigenvalue weighted by Gasteiger charge is -2.06. The lowest BCUT2D eigenvalue weighted by Crippen LogP contribution is -2.24. The number of nitrogens with one attached hydrogen (secondary N) is 1. The van der Waals surface area contributed by atoms with Crippen molar-refractivity contribution in [3.05, 3.63) is 46.9 Å². The number of hydrogen-bond donors (Lipinski definition) is 1. The van der Waals surface area contributed by atoms with Gasteiger partial charge in [-0.15, -0.1) is 0 Å². The van der Waals surface area contributed by atoms with Crippen molar-refractivity contribution >= 4 is 5.69 Å². The van der Waals surface area contributed by atoms with Crippen molar-refractivity contribution in [3.8, 4) is 0 Å². The van der Waals surface area contributed by atoms with Crippen LogP contribution < -0.4 is 11.0 Å². The van der Waals surface area contributed by atoms with E-state index in [0.717, 1.165) is 30.8 Å². The molecule has 1 saturated carbocycles. The number of rotatable bonds is 5. The van der Waals surface area contributed by atoms with Crippen molar-refractivity contribution in [3.63, 3.8) is 0 Å². The predicted molar refractivity (Wildman–Crippen MR) is 74.5 cm³/mol. The van der Waals surface area contributed by atoms with Crippen LogP contribution in [0.3, 0.4) is 0 Å². The fourth-order valence-corrected chi connectivity index (χ4v) is 2.23. The average molecular weight is 258 g/mol. The Morgan fingerprint density at radius 2 is 2.26 bits per heavy atom. The van der Waals surface area contributed by atoms with E-state index >= 15 is 0 Å². The highest BCUT2D eigenvalue weighted by Crippen LogP contribution is 2.33. The lowest BCUT2D eigenvalue weighted by atomic mass is 10.3. The maximum Gasteiger partial charge on any atom is 0.328 e. The minimum Gasteiger partial charge on any atom is -0.385 e. The Morgan fingerprint density at radius 3 is 3.00 bits per heavy atom. The fourth-order valence-electron chi connectivity index (χ4n) is 2.23. The van der Waals surface area contributed by atoms with Crippen LogP contribution in [0.4, 0.5) is 5.69 Å². The summed E-state index contributed by atoms with van der Waals surface area (Å²) in [7, 11) is 0. The van der Waals surface area contributed by atoms with E-state index in [1.807, 2.05) is 29.1 Å². The smallest absolute Gasteiger partial charge is 0.328 e. The van der Waals surface area contributed by atoms with Crippen LogP contribution in [-0.2, 0) is 6.54 Å². The Bertz CT molecular complexity index is 624. The maximum absolute atomic E-state index is 12.1. The second kappa shape index (κ2) is 4.91. The van der Waals surface area contributed by atoms with Crippen LogP contribution in [0.15, 0.2) is 35.5 Å². The second-order valence-corrected chi connectivity index (χ2v) is 4.91. The zero-order valence-corrected chi connectivity index (χ0v) is 11.0. The van der Waals surface area contributed by atoms with E-state index in [2.05, 4.69) is 17.2 Å². The first-order chi connectivity index (χ1) is 9.28. The molecule has 1 fully saturated rings. The molecule has 0 unspecified atom stereocenters. The Balaban J connectivity index is 1.80. The number of imidazole rings is 1. The highest BCUT2D eigenvalue weighted by molar-refractivity contribution is 5.42. The van der Waals surface area contributed by atoms with Crippen LogP contribution in [0.5, 0.6) is 0 Å². The highest BCUT2D eigenvalue weighted by Gasteiger charge is 2.25. The number of nitrogens with zero attached hydrogens (tertiary/aromatic N) is 3. The first-order valence-corrected chi connectivity index (χ1v) is 6.74. The molecule has 2 aromatic heterocycles. The molecule has 0 atom stereocenters. The van der Waals surface area contributed by atoms with Gasteiger partial charge in [0.2, 0.25) is 0 Å². The van der Waals surface area contributed by atoms with Crippen LogP contribution in [-0.4, -0.2) is 20.7 Å². The summed E-state index contributed by atoms with van der Waals surface area (Å²) in [4.78, 5) is 16.5. The van der Waals surface area contributed by atoms with Gasteiger partial charge in [0.25, 0.3) is 0 Å². The van der Waals surface area contributed by atoms with Gasteiger partial charge in [-0.2, -0.15) is 0 Å². The molecule has 0 saturated heterocycles. The maximum atomic E-state index is 12.1. The molecule has 0 amide bonds. The largest absolute Gasteiger partial charge is 0.385 e. The van der Waals surface area contributed by atoms with Crippen molar-refractivity contribution in [1.29, 1.82) is 0 Å². The van der Waals surface area contributed by atoms with Gasteiger partial charge in [0, 0.05) is 36.9 Å². The SMILES string of the molecule is CCNc1ccnc(Cn2ccn(C3CC3)c2=O)c1. The molecule has 0 radical (unpaired) electrons. The fraction of sp³-hybridized carbons (Fsp3) is 0.429. The van der Waals surface area contributed by atoms with Crippen molar-refractivity contribution in [2.24, 2.45) is 0 Å². The number of aromatic nitrogens is 3. The highest BCUT2D eigenvalue weighted by atomic mass is 16.1. The van der Waals surface area contributed by atoms with Crippen LogP contribution >= 0.6 is 0 Å². The summed E-state index contributed by atoms with van der Waals surface area (Å²) in [5.41, 5.74) is 2.01. The van der Waals surface area contributed by atoms with Crippen LogP contribution in [0.2, 0.25) is 0 Å². The lowest BCUT2D eigenvalue weighted by molar-refractivity contribution is 0.651. The van der Waals surface area contributed by atoms with Crippen LogP contribution in [0, 0.1) is 0 Å². The molecule has 0 spiro atoms. The molecule has 1 aliphatic carbocycles. The van der Waals surface area contributed by atoms with E-state index in [9.17, 15) is 4.79 Å². The van der Waals surface area contributed by atoms with E-state index < -0.39 is 0 Å². The Morgan fingerprint density at radius 1 is 1.42 bits per heavy atom. The van der Waals surface area contributed by atoms with Gasteiger partial charge in [0.15, 0.2) is 0 Å². The summed E-state index contributed by atoms with van der Waals surface area (Å²) < 4.78 is 3.55. The molecule has 0 aromatic carbocycles. The second-order valence-electron chi connectivity index (χ2n) is 4.91. The molecule has 100 valence electrons. The molecular weight excluding hydrogens is 240 g/mol. The van der Waals surface area contributed by atoms with Crippen LogP contribution in [0.25, 0.3) is 0 Å². The minimum atomic E-state index is 0.0677. The average Bonchev–Trinajstić information content (AvgIpc) is 3.18. The third-order valence-corrected chi connectivity index (χ3v) is 3.34. The molecule has 1 N–H and O–H groups in total. The number of pyridine rings is 1. The van der Waals surface area contributed by atoms with Gasteiger partial charge >= 0.3 is 5.69 Å². The Labute approximate surface area is 111 Å². The first kappa shape index (κ1) is 12.0. The molecule has 0 aliphatic heterocycles. The van der Waals surface area contributed by atoms with Crippen LogP contribution in [0.1, 0.15) is 31.5 Å². The summed E-state index contributed by atoms with van der Waals surface area (Å²) in [5.74, 6) is 0. The van der Waals surface area contributed by atoms with Gasteiger partial charge in [-0.05, 0) is 31.9 Å². The molecular formula is C14H18N4O. The zero-order chi connectivity index (χ0) is 13.2. The van der Waals surface area contributed by atoms with E-state index in [-0.39, 0.29) is 5.69 Å². The molecule has 2 aromatic rings. The quantitative estimate of drug-likeness (QED) is 0.890. The molecule has 3 rings (SSSR count). The van der Waals surface area contributed by atoms with Gasteiger partial charge < -0.3 is 5.32 Å². The molecule has 2 heterocycles.